The molecule has 0 aromatic carbocycles. The minimum absolute atomic E-state index is 0.294. The van der Waals surface area contributed by atoms with Crippen molar-refractivity contribution in [2.75, 3.05) is 7.11 Å². The van der Waals surface area contributed by atoms with Gasteiger partial charge in [-0.15, -0.1) is 11.3 Å². The Morgan fingerprint density at radius 3 is 2.83 bits per heavy atom. The molecule has 0 bridgehead atoms. The maximum absolute atomic E-state index is 11.1. The summed E-state index contributed by atoms with van der Waals surface area (Å²) in [4.78, 5) is 15.9. The molecule has 4 heteroatoms. The quantitative estimate of drug-likeness (QED) is 0.658. The summed E-state index contributed by atoms with van der Waals surface area (Å²) in [6, 6.07) is 0. The molecule has 1 heterocycles. The van der Waals surface area contributed by atoms with Crippen LogP contribution in [0.4, 0.5) is 0 Å². The minimum atomic E-state index is -0.379. The van der Waals surface area contributed by atoms with Gasteiger partial charge in [0.1, 0.15) is 0 Å². The summed E-state index contributed by atoms with van der Waals surface area (Å²) in [6.07, 6.45) is 0. The van der Waals surface area contributed by atoms with Gasteiger partial charge in [0.25, 0.3) is 0 Å². The number of nitrogens with zero attached hydrogens (tertiary/aromatic N) is 1. The summed E-state index contributed by atoms with van der Waals surface area (Å²) in [7, 11) is 1.35. The first-order chi connectivity index (χ1) is 5.66. The van der Waals surface area contributed by atoms with Gasteiger partial charge in [-0.3, -0.25) is 0 Å². The van der Waals surface area contributed by atoms with Crippen molar-refractivity contribution < 1.29 is 9.53 Å². The van der Waals surface area contributed by atoms with Gasteiger partial charge in [-0.2, -0.15) is 0 Å². The number of hydrogen-bond donors (Lipinski definition) is 0. The third-order valence-electron chi connectivity index (χ3n) is 1.45. The summed E-state index contributed by atoms with van der Waals surface area (Å²) in [5.41, 5.74) is 3.09. The molecule has 65 valence electrons. The van der Waals surface area contributed by atoms with E-state index in [1.54, 1.807) is 0 Å². The fraction of sp³-hybridized carbons (Fsp3) is 0.500. The second kappa shape index (κ2) is 3.67. The highest BCUT2D eigenvalue weighted by molar-refractivity contribution is 7.09. The van der Waals surface area contributed by atoms with Gasteiger partial charge in [0, 0.05) is 4.88 Å². The molecule has 1 radical (unpaired) electrons. The molecule has 0 aliphatic rings. The number of methoxy groups -OCH3 is 1. The van der Waals surface area contributed by atoms with Crippen LogP contribution in [0.5, 0.6) is 0 Å². The molecule has 0 atom stereocenters. The number of aromatic nitrogens is 1. The monoisotopic (exact) mass is 184 g/mol. The molecule has 0 saturated carbocycles. The van der Waals surface area contributed by atoms with E-state index in [9.17, 15) is 4.79 Å². The normalized spacial score (nSPS) is 10.3. The van der Waals surface area contributed by atoms with Crippen LogP contribution in [-0.4, -0.2) is 18.1 Å². The molecule has 0 N–H and O–H groups in total. The van der Waals surface area contributed by atoms with Crippen LogP contribution in [-0.2, 0) is 4.74 Å². The van der Waals surface area contributed by atoms with Crippen LogP contribution in [0.25, 0.3) is 0 Å². The van der Waals surface area contributed by atoms with E-state index in [4.69, 9.17) is 0 Å². The average Bonchev–Trinajstić information content (AvgIpc) is 2.50. The molecule has 1 aromatic rings. The molecule has 0 aliphatic heterocycles. The van der Waals surface area contributed by atoms with E-state index >= 15 is 0 Å². The van der Waals surface area contributed by atoms with Crippen molar-refractivity contribution in [1.29, 1.82) is 0 Å². The molecule has 0 unspecified atom stereocenters. The predicted octanol–water partition coefficient (Wildman–Crippen LogP) is 1.85. The van der Waals surface area contributed by atoms with Crippen molar-refractivity contribution in [3.63, 3.8) is 0 Å². The van der Waals surface area contributed by atoms with Gasteiger partial charge in [-0.1, -0.05) is 13.8 Å². The zero-order valence-electron chi connectivity index (χ0n) is 7.25. The highest BCUT2D eigenvalue weighted by Crippen LogP contribution is 2.23. The molecule has 3 nitrogen and oxygen atoms in total. The van der Waals surface area contributed by atoms with Gasteiger partial charge in [0.2, 0.25) is 0 Å². The summed E-state index contributed by atoms with van der Waals surface area (Å²) < 4.78 is 4.57. The lowest BCUT2D eigenvalue weighted by Gasteiger charge is -2.02. The Labute approximate surface area is 75.4 Å². The Kier molecular flexibility index (Phi) is 2.81. The van der Waals surface area contributed by atoms with Crippen LogP contribution in [0.15, 0.2) is 0 Å². The lowest BCUT2D eigenvalue weighted by atomic mass is 10.1. The number of carbonyl (C=O) groups excluding carboxylic acids is 1. The number of hydrogen-bond acceptors (Lipinski definition) is 4. The van der Waals surface area contributed by atoms with Crippen LogP contribution in [0, 0.1) is 5.51 Å². The second-order valence-corrected chi connectivity index (χ2v) is 3.49. The SMILES string of the molecule is COC(=O)c1n[c]sc1C(C)C. The fourth-order valence-corrected chi connectivity index (χ4v) is 1.55. The van der Waals surface area contributed by atoms with Crippen molar-refractivity contribution in [3.8, 4) is 0 Å². The molecule has 0 aliphatic carbocycles. The Balaban J connectivity index is 2.99. The summed E-state index contributed by atoms with van der Waals surface area (Å²) in [5.74, 6) is -0.0842. The zero-order chi connectivity index (χ0) is 9.14. The van der Waals surface area contributed by atoms with E-state index in [1.165, 1.54) is 18.4 Å². The molecule has 0 saturated heterocycles. The largest absolute Gasteiger partial charge is 0.464 e. The van der Waals surface area contributed by atoms with Crippen molar-refractivity contribution in [2.45, 2.75) is 19.8 Å². The molecule has 0 fully saturated rings. The fourth-order valence-electron chi connectivity index (χ4n) is 0.855. The maximum atomic E-state index is 11.1. The lowest BCUT2D eigenvalue weighted by Crippen LogP contribution is -2.05. The van der Waals surface area contributed by atoms with Gasteiger partial charge in [-0.05, 0) is 5.92 Å². The highest BCUT2D eigenvalue weighted by atomic mass is 32.1. The van der Waals surface area contributed by atoms with Gasteiger partial charge in [0.15, 0.2) is 11.2 Å². The molecule has 1 aromatic heterocycles. The third kappa shape index (κ3) is 1.64. The van der Waals surface area contributed by atoms with Crippen LogP contribution in [0.1, 0.15) is 35.1 Å². The maximum Gasteiger partial charge on any atom is 0.357 e. The summed E-state index contributed by atoms with van der Waals surface area (Å²) in [6.45, 7) is 4.02. The van der Waals surface area contributed by atoms with E-state index in [0.29, 0.717) is 11.6 Å². The molecule has 0 amide bonds. The minimum Gasteiger partial charge on any atom is -0.464 e. The first-order valence-corrected chi connectivity index (χ1v) is 4.43. The van der Waals surface area contributed by atoms with E-state index in [0.717, 1.165) is 4.88 Å². The van der Waals surface area contributed by atoms with Crippen LogP contribution < -0.4 is 0 Å². The molecule has 12 heavy (non-hydrogen) atoms. The number of ether oxygens (including phenoxy) is 1. The number of rotatable bonds is 2. The van der Waals surface area contributed by atoms with Crippen LogP contribution in [0.3, 0.4) is 0 Å². The Morgan fingerprint density at radius 1 is 1.67 bits per heavy atom. The van der Waals surface area contributed by atoms with Crippen LogP contribution >= 0.6 is 11.3 Å². The molecular formula is C8H10NO2S. The molecular weight excluding hydrogens is 174 g/mol. The van der Waals surface area contributed by atoms with E-state index in [-0.39, 0.29) is 5.97 Å². The topological polar surface area (TPSA) is 39.2 Å². The smallest absolute Gasteiger partial charge is 0.357 e. The summed E-state index contributed by atoms with van der Waals surface area (Å²) in [5, 5.41) is 0. The molecule has 0 spiro atoms. The first kappa shape index (κ1) is 9.19. The molecule has 1 rings (SSSR count). The van der Waals surface area contributed by atoms with Crippen molar-refractivity contribution in [2.24, 2.45) is 0 Å². The van der Waals surface area contributed by atoms with E-state index < -0.39 is 0 Å². The second-order valence-electron chi connectivity index (χ2n) is 2.66. The highest BCUT2D eigenvalue weighted by Gasteiger charge is 2.17. The van der Waals surface area contributed by atoms with Gasteiger partial charge in [0.05, 0.1) is 7.11 Å². The van der Waals surface area contributed by atoms with Crippen molar-refractivity contribution in [1.82, 2.24) is 4.98 Å². The van der Waals surface area contributed by atoms with Crippen LogP contribution in [0.2, 0.25) is 0 Å². The van der Waals surface area contributed by atoms with Crippen molar-refractivity contribution in [3.05, 3.63) is 16.1 Å². The zero-order valence-corrected chi connectivity index (χ0v) is 8.07. The van der Waals surface area contributed by atoms with Gasteiger partial charge >= 0.3 is 5.97 Å². The van der Waals surface area contributed by atoms with Crippen molar-refractivity contribution >= 4 is 17.3 Å². The number of esters is 1. The standard InChI is InChI=1S/C8H10NO2S/c1-5(2)7-6(8(10)11-3)9-4-12-7/h5H,1-3H3. The van der Waals surface area contributed by atoms with Gasteiger partial charge in [-0.25, -0.2) is 9.78 Å². The first-order valence-electron chi connectivity index (χ1n) is 3.62. The predicted molar refractivity (Wildman–Crippen MR) is 46.4 cm³/mol. The van der Waals surface area contributed by atoms with Gasteiger partial charge < -0.3 is 4.74 Å². The Bertz CT molecular complexity index is 280. The van der Waals surface area contributed by atoms with E-state index in [2.05, 4.69) is 15.2 Å². The Hall–Kier alpha value is -0.900. The van der Waals surface area contributed by atoms with E-state index in [1.807, 2.05) is 13.8 Å². The lowest BCUT2D eigenvalue weighted by molar-refractivity contribution is 0.0593. The summed E-state index contributed by atoms with van der Waals surface area (Å²) >= 11 is 1.36. The Morgan fingerprint density at radius 2 is 2.33 bits per heavy atom. The number of carbonyl (C=O) groups is 1. The average molecular weight is 184 g/mol. The number of thiazole rings is 1. The third-order valence-corrected chi connectivity index (χ3v) is 2.52.